The second kappa shape index (κ2) is 5.60. The van der Waals surface area contributed by atoms with Crippen LogP contribution in [0.2, 0.25) is 0 Å². The Balaban J connectivity index is 1.51. The molecule has 0 spiro atoms. The normalized spacial score (nSPS) is 24.3. The molecule has 0 N–H and O–H groups in total. The van der Waals surface area contributed by atoms with Crippen LogP contribution in [0, 0.1) is 18.8 Å². The minimum absolute atomic E-state index is 0.721. The Morgan fingerprint density at radius 2 is 2.00 bits per heavy atom. The summed E-state index contributed by atoms with van der Waals surface area (Å²) in [5.41, 5.74) is 5.37. The van der Waals surface area contributed by atoms with Gasteiger partial charge in [-0.05, 0) is 89.4 Å². The van der Waals surface area contributed by atoms with E-state index >= 15 is 0 Å². The Hall–Kier alpha value is -2.39. The van der Waals surface area contributed by atoms with Gasteiger partial charge < -0.3 is 4.74 Å². The van der Waals surface area contributed by atoms with Crippen molar-refractivity contribution in [2.45, 2.75) is 38.5 Å². The molecule has 29 heavy (non-hydrogen) atoms. The van der Waals surface area contributed by atoms with E-state index in [2.05, 4.69) is 60.4 Å². The highest BCUT2D eigenvalue weighted by Gasteiger charge is 2.41. The summed E-state index contributed by atoms with van der Waals surface area (Å²) < 4.78 is 10.2. The van der Waals surface area contributed by atoms with Gasteiger partial charge in [-0.2, -0.15) is 0 Å². The number of aryl methyl sites for hydroxylation is 2. The SMILES string of the molecule is Cc1c2c(cc3sccc13)Oc1cc(C3CC4CCC3C4)cc3cc[n+](C)c-2c13. The maximum absolute atomic E-state index is 6.64. The summed E-state index contributed by atoms with van der Waals surface area (Å²) >= 11 is 1.80. The van der Waals surface area contributed by atoms with E-state index in [1.54, 1.807) is 11.3 Å². The van der Waals surface area contributed by atoms with Crippen molar-refractivity contribution in [3.05, 3.63) is 53.0 Å². The number of hydrogen-bond acceptors (Lipinski definition) is 2. The molecular weight excluding hydrogens is 374 g/mol. The molecule has 0 radical (unpaired) electrons. The Labute approximate surface area is 174 Å². The maximum atomic E-state index is 6.64. The van der Waals surface area contributed by atoms with Gasteiger partial charge in [-0.25, -0.2) is 4.57 Å². The molecule has 0 amide bonds. The number of pyridine rings is 1. The Morgan fingerprint density at radius 3 is 2.83 bits per heavy atom. The van der Waals surface area contributed by atoms with Crippen molar-refractivity contribution < 1.29 is 9.30 Å². The molecule has 2 aromatic heterocycles. The Bertz CT molecular complexity index is 1330. The number of ether oxygens (including phenoxy) is 1. The van der Waals surface area contributed by atoms with E-state index in [9.17, 15) is 0 Å². The lowest BCUT2D eigenvalue weighted by atomic mass is 9.82. The van der Waals surface area contributed by atoms with E-state index in [4.69, 9.17) is 4.74 Å². The molecule has 2 saturated carbocycles. The van der Waals surface area contributed by atoms with Gasteiger partial charge in [0, 0.05) is 10.8 Å². The molecule has 4 aromatic rings. The number of thiophene rings is 1. The Kier molecular flexibility index (Phi) is 3.17. The lowest BCUT2D eigenvalue weighted by molar-refractivity contribution is -0.659. The van der Waals surface area contributed by atoms with Crippen LogP contribution in [-0.2, 0) is 7.05 Å². The van der Waals surface area contributed by atoms with E-state index in [-0.39, 0.29) is 0 Å². The summed E-state index contributed by atoms with van der Waals surface area (Å²) in [4.78, 5) is 0. The average Bonchev–Trinajstić information content (AvgIpc) is 3.46. The van der Waals surface area contributed by atoms with Crippen LogP contribution in [0.3, 0.4) is 0 Å². The van der Waals surface area contributed by atoms with Crippen LogP contribution in [0.25, 0.3) is 32.1 Å². The fraction of sp³-hybridized carbons (Fsp3) is 0.346. The highest BCUT2D eigenvalue weighted by molar-refractivity contribution is 7.17. The summed E-state index contributed by atoms with van der Waals surface area (Å²) in [6.07, 6.45) is 7.89. The van der Waals surface area contributed by atoms with Gasteiger partial charge >= 0.3 is 0 Å². The number of benzene rings is 2. The van der Waals surface area contributed by atoms with Gasteiger partial charge in [0.2, 0.25) is 5.69 Å². The zero-order valence-electron chi connectivity index (χ0n) is 16.9. The molecule has 2 aromatic carbocycles. The van der Waals surface area contributed by atoms with Crippen molar-refractivity contribution in [3.63, 3.8) is 0 Å². The first kappa shape index (κ1) is 16.4. The smallest absolute Gasteiger partial charge is 0.228 e. The van der Waals surface area contributed by atoms with Crippen LogP contribution < -0.4 is 9.30 Å². The monoisotopic (exact) mass is 398 g/mol. The standard InChI is InChI=1S/C26H24NOS/c1-14-19-6-8-29-23(19)13-22-24(14)26-25-17(5-7-27(26)2)11-18(12-21(25)28-22)20-10-15-3-4-16(20)9-15/h5-8,11-13,15-16,20H,3-4,9-10H2,1-2H3/q+1. The lowest BCUT2D eigenvalue weighted by Gasteiger charge is -2.25. The number of hydrogen-bond donors (Lipinski definition) is 0. The van der Waals surface area contributed by atoms with E-state index in [1.165, 1.54) is 68.9 Å². The number of aromatic nitrogens is 1. The summed E-state index contributed by atoms with van der Waals surface area (Å²) in [5.74, 6) is 4.62. The fourth-order valence-corrected chi connectivity index (χ4v) is 7.36. The molecule has 2 nitrogen and oxygen atoms in total. The third kappa shape index (κ3) is 2.14. The summed E-state index contributed by atoms with van der Waals surface area (Å²) in [5, 5.41) is 6.12. The predicted octanol–water partition coefficient (Wildman–Crippen LogP) is 6.86. The molecule has 2 fully saturated rings. The second-order valence-electron chi connectivity index (χ2n) is 9.35. The first-order valence-electron chi connectivity index (χ1n) is 10.8. The minimum atomic E-state index is 0.721. The van der Waals surface area contributed by atoms with E-state index in [0.29, 0.717) is 0 Å². The molecule has 2 aliphatic carbocycles. The molecule has 7 rings (SSSR count). The average molecular weight is 399 g/mol. The van der Waals surface area contributed by atoms with Crippen LogP contribution in [0.1, 0.15) is 42.7 Å². The van der Waals surface area contributed by atoms with Gasteiger partial charge in [0.25, 0.3) is 0 Å². The lowest BCUT2D eigenvalue weighted by Crippen LogP contribution is -2.31. The summed E-state index contributed by atoms with van der Waals surface area (Å²) in [6, 6.07) is 11.6. The molecule has 3 heterocycles. The Morgan fingerprint density at radius 1 is 1.07 bits per heavy atom. The largest absolute Gasteiger partial charge is 0.455 e. The van der Waals surface area contributed by atoms with Crippen molar-refractivity contribution in [1.29, 1.82) is 0 Å². The molecule has 3 heteroatoms. The molecule has 3 aliphatic rings. The number of nitrogens with zero attached hydrogens (tertiary/aromatic N) is 1. The molecular formula is C26H24NOS+. The zero-order chi connectivity index (χ0) is 19.3. The van der Waals surface area contributed by atoms with Crippen LogP contribution >= 0.6 is 11.3 Å². The van der Waals surface area contributed by atoms with Crippen molar-refractivity contribution >= 4 is 32.2 Å². The molecule has 3 unspecified atom stereocenters. The molecule has 0 saturated heterocycles. The van der Waals surface area contributed by atoms with Crippen molar-refractivity contribution in [2.75, 3.05) is 0 Å². The number of rotatable bonds is 1. The van der Waals surface area contributed by atoms with Gasteiger partial charge in [-0.3, -0.25) is 0 Å². The van der Waals surface area contributed by atoms with Crippen LogP contribution in [0.5, 0.6) is 11.5 Å². The van der Waals surface area contributed by atoms with Gasteiger partial charge in [-0.15, -0.1) is 11.3 Å². The van der Waals surface area contributed by atoms with Crippen LogP contribution in [0.15, 0.2) is 41.9 Å². The second-order valence-corrected chi connectivity index (χ2v) is 10.3. The molecule has 2 bridgehead atoms. The first-order valence-corrected chi connectivity index (χ1v) is 11.7. The van der Waals surface area contributed by atoms with Crippen molar-refractivity contribution in [2.24, 2.45) is 18.9 Å². The predicted molar refractivity (Wildman–Crippen MR) is 119 cm³/mol. The molecule has 3 atom stereocenters. The first-order chi connectivity index (χ1) is 14.2. The van der Waals surface area contributed by atoms with Gasteiger partial charge in [0.1, 0.15) is 18.5 Å². The van der Waals surface area contributed by atoms with Gasteiger partial charge in [0.05, 0.1) is 10.9 Å². The number of fused-ring (bicyclic) bond motifs is 5. The zero-order valence-corrected chi connectivity index (χ0v) is 17.7. The van der Waals surface area contributed by atoms with E-state index in [1.807, 2.05) is 0 Å². The van der Waals surface area contributed by atoms with E-state index < -0.39 is 0 Å². The highest BCUT2D eigenvalue weighted by Crippen LogP contribution is 2.55. The maximum Gasteiger partial charge on any atom is 0.228 e. The summed E-state index contributed by atoms with van der Waals surface area (Å²) in [6.45, 7) is 2.24. The van der Waals surface area contributed by atoms with Crippen molar-refractivity contribution in [3.8, 4) is 22.8 Å². The molecule has 1 aliphatic heterocycles. The third-order valence-electron chi connectivity index (χ3n) is 7.83. The topological polar surface area (TPSA) is 13.1 Å². The van der Waals surface area contributed by atoms with Crippen LogP contribution in [-0.4, -0.2) is 0 Å². The molecule has 144 valence electrons. The van der Waals surface area contributed by atoms with Gasteiger partial charge in [-0.1, -0.05) is 12.5 Å². The quantitative estimate of drug-likeness (QED) is 0.281. The third-order valence-corrected chi connectivity index (χ3v) is 8.69. The van der Waals surface area contributed by atoms with Crippen LogP contribution in [0.4, 0.5) is 0 Å². The minimum Gasteiger partial charge on any atom is -0.455 e. The highest BCUT2D eigenvalue weighted by atomic mass is 32.1. The summed E-state index contributed by atoms with van der Waals surface area (Å²) in [7, 11) is 2.16. The van der Waals surface area contributed by atoms with E-state index in [0.717, 1.165) is 29.3 Å². The van der Waals surface area contributed by atoms with Gasteiger partial charge in [0.15, 0.2) is 6.20 Å². The fourth-order valence-electron chi connectivity index (χ4n) is 6.48. The van der Waals surface area contributed by atoms with Crippen molar-refractivity contribution in [1.82, 2.24) is 0 Å².